The van der Waals surface area contributed by atoms with Gasteiger partial charge in [0.25, 0.3) is 0 Å². The quantitative estimate of drug-likeness (QED) is 0.790. The largest absolute Gasteiger partial charge is 0.391 e. The summed E-state index contributed by atoms with van der Waals surface area (Å²) in [5, 5.41) is 10.5. The number of nitrogens with zero attached hydrogens (tertiary/aromatic N) is 1. The smallest absolute Gasteiger partial charge is 0.0707 e. The Bertz CT molecular complexity index is 581. The highest BCUT2D eigenvalue weighted by Crippen LogP contribution is 2.15. The van der Waals surface area contributed by atoms with E-state index >= 15 is 0 Å². The molecule has 2 atom stereocenters. The molecular weight excluding hydrogens is 282 g/mol. The monoisotopic (exact) mass is 311 g/mol. The third kappa shape index (κ3) is 5.49. The fraction of sp³-hybridized carbons (Fsp3) is 0.429. The highest BCUT2D eigenvalue weighted by Gasteiger charge is 2.18. The summed E-state index contributed by atoms with van der Waals surface area (Å²) in [5.41, 5.74) is 3.86. The van der Waals surface area contributed by atoms with Crippen LogP contribution in [0.25, 0.3) is 0 Å². The van der Waals surface area contributed by atoms with Crippen molar-refractivity contribution < 1.29 is 5.11 Å². The van der Waals surface area contributed by atoms with Gasteiger partial charge in [-0.05, 0) is 43.4 Å². The second-order valence-electron chi connectivity index (χ2n) is 6.46. The zero-order valence-electron chi connectivity index (χ0n) is 14.6. The Balaban J connectivity index is 2.02. The van der Waals surface area contributed by atoms with Gasteiger partial charge in [-0.3, -0.25) is 4.90 Å². The van der Waals surface area contributed by atoms with Crippen molar-refractivity contribution in [1.29, 1.82) is 0 Å². The van der Waals surface area contributed by atoms with Crippen LogP contribution < -0.4 is 0 Å². The number of aliphatic hydroxyl groups is 1. The Labute approximate surface area is 140 Å². The van der Waals surface area contributed by atoms with E-state index in [4.69, 9.17) is 0 Å². The first-order valence-corrected chi connectivity index (χ1v) is 8.60. The number of hydrogen-bond acceptors (Lipinski definition) is 2. The van der Waals surface area contributed by atoms with E-state index in [-0.39, 0.29) is 6.10 Å². The molecule has 23 heavy (non-hydrogen) atoms. The van der Waals surface area contributed by atoms with E-state index in [1.165, 1.54) is 16.7 Å². The Morgan fingerprint density at radius 3 is 2.30 bits per heavy atom. The lowest BCUT2D eigenvalue weighted by Crippen LogP contribution is -2.39. The summed E-state index contributed by atoms with van der Waals surface area (Å²) in [6.45, 7) is 8.21. The molecule has 0 aliphatic heterocycles. The summed E-state index contributed by atoms with van der Waals surface area (Å²) in [7, 11) is 0. The summed E-state index contributed by atoms with van der Waals surface area (Å²) < 4.78 is 0. The normalized spacial score (nSPS) is 14.0. The SMILES string of the molecule is CC[C@@H](C)N(Cc1ccccc1C)C[C@H](O)Cc1ccccc1. The van der Waals surface area contributed by atoms with Crippen LogP contribution in [-0.4, -0.2) is 28.7 Å². The fourth-order valence-corrected chi connectivity index (χ4v) is 2.89. The standard InChI is InChI=1S/C21H29NO/c1-4-18(3)22(15-20-13-9-8-10-17(20)2)16-21(23)14-19-11-6-5-7-12-19/h5-13,18,21,23H,4,14-16H2,1-3H3/t18-,21-/m1/s1. The number of rotatable bonds is 8. The maximum Gasteiger partial charge on any atom is 0.0707 e. The van der Waals surface area contributed by atoms with Gasteiger partial charge in [0.15, 0.2) is 0 Å². The Kier molecular flexibility index (Phi) is 6.82. The predicted octanol–water partition coefficient (Wildman–Crippen LogP) is 4.20. The third-order valence-corrected chi connectivity index (χ3v) is 4.61. The lowest BCUT2D eigenvalue weighted by atomic mass is 10.0. The van der Waals surface area contributed by atoms with E-state index in [2.05, 4.69) is 62.1 Å². The van der Waals surface area contributed by atoms with Crippen molar-refractivity contribution in [2.24, 2.45) is 0 Å². The molecule has 0 aliphatic rings. The van der Waals surface area contributed by atoms with Crippen LogP contribution in [0.4, 0.5) is 0 Å². The molecule has 0 amide bonds. The van der Waals surface area contributed by atoms with Gasteiger partial charge in [0.2, 0.25) is 0 Å². The van der Waals surface area contributed by atoms with Crippen molar-refractivity contribution in [3.63, 3.8) is 0 Å². The highest BCUT2D eigenvalue weighted by atomic mass is 16.3. The summed E-state index contributed by atoms with van der Waals surface area (Å²) in [6, 6.07) is 19.2. The molecule has 0 aliphatic carbocycles. The molecule has 0 aromatic heterocycles. The van der Waals surface area contributed by atoms with Crippen LogP contribution in [-0.2, 0) is 13.0 Å². The number of aliphatic hydroxyl groups excluding tert-OH is 1. The van der Waals surface area contributed by atoms with E-state index in [0.29, 0.717) is 19.0 Å². The third-order valence-electron chi connectivity index (χ3n) is 4.61. The first-order chi connectivity index (χ1) is 11.1. The van der Waals surface area contributed by atoms with E-state index in [1.54, 1.807) is 0 Å². The van der Waals surface area contributed by atoms with Crippen molar-refractivity contribution in [3.05, 3.63) is 71.3 Å². The minimum Gasteiger partial charge on any atom is -0.391 e. The van der Waals surface area contributed by atoms with Crippen molar-refractivity contribution >= 4 is 0 Å². The van der Waals surface area contributed by atoms with Crippen molar-refractivity contribution in [2.75, 3.05) is 6.54 Å². The average Bonchev–Trinajstić information content (AvgIpc) is 2.56. The molecule has 0 saturated heterocycles. The van der Waals surface area contributed by atoms with E-state index in [1.807, 2.05) is 18.2 Å². The first kappa shape index (κ1) is 17.7. The Morgan fingerprint density at radius 2 is 1.65 bits per heavy atom. The van der Waals surface area contributed by atoms with Crippen molar-refractivity contribution in [3.8, 4) is 0 Å². The van der Waals surface area contributed by atoms with Crippen LogP contribution in [0.15, 0.2) is 54.6 Å². The first-order valence-electron chi connectivity index (χ1n) is 8.60. The zero-order chi connectivity index (χ0) is 16.7. The molecule has 2 nitrogen and oxygen atoms in total. The molecule has 0 fully saturated rings. The topological polar surface area (TPSA) is 23.5 Å². The molecule has 124 valence electrons. The molecule has 0 radical (unpaired) electrons. The zero-order valence-corrected chi connectivity index (χ0v) is 14.6. The van der Waals surface area contributed by atoms with Gasteiger partial charge in [-0.25, -0.2) is 0 Å². The molecule has 2 rings (SSSR count). The van der Waals surface area contributed by atoms with Crippen LogP contribution in [0, 0.1) is 6.92 Å². The second kappa shape index (κ2) is 8.85. The fourth-order valence-electron chi connectivity index (χ4n) is 2.89. The van der Waals surface area contributed by atoms with Gasteiger partial charge in [0.1, 0.15) is 0 Å². The molecular formula is C21H29NO. The Morgan fingerprint density at radius 1 is 1.00 bits per heavy atom. The molecule has 0 unspecified atom stereocenters. The average molecular weight is 311 g/mol. The second-order valence-corrected chi connectivity index (χ2v) is 6.46. The number of hydrogen-bond donors (Lipinski definition) is 1. The van der Waals surface area contributed by atoms with E-state index in [0.717, 1.165) is 13.0 Å². The number of benzene rings is 2. The molecule has 0 bridgehead atoms. The molecule has 0 saturated carbocycles. The van der Waals surface area contributed by atoms with Gasteiger partial charge in [-0.1, -0.05) is 61.5 Å². The molecule has 0 spiro atoms. The highest BCUT2D eigenvalue weighted by molar-refractivity contribution is 5.25. The lowest BCUT2D eigenvalue weighted by Gasteiger charge is -2.31. The maximum atomic E-state index is 10.5. The number of aryl methyl sites for hydroxylation is 1. The van der Waals surface area contributed by atoms with Gasteiger partial charge in [0.05, 0.1) is 6.10 Å². The minimum absolute atomic E-state index is 0.338. The van der Waals surface area contributed by atoms with Gasteiger partial charge < -0.3 is 5.11 Å². The predicted molar refractivity (Wildman–Crippen MR) is 97.5 cm³/mol. The van der Waals surface area contributed by atoms with Gasteiger partial charge in [-0.2, -0.15) is 0 Å². The minimum atomic E-state index is -0.338. The van der Waals surface area contributed by atoms with Crippen LogP contribution >= 0.6 is 0 Å². The van der Waals surface area contributed by atoms with Crippen LogP contribution in [0.2, 0.25) is 0 Å². The van der Waals surface area contributed by atoms with Crippen LogP contribution in [0.1, 0.15) is 37.0 Å². The van der Waals surface area contributed by atoms with Crippen molar-refractivity contribution in [2.45, 2.75) is 52.3 Å². The summed E-state index contributed by atoms with van der Waals surface area (Å²) in [5.74, 6) is 0. The molecule has 2 aromatic carbocycles. The molecule has 1 N–H and O–H groups in total. The summed E-state index contributed by atoms with van der Waals surface area (Å²) >= 11 is 0. The molecule has 0 heterocycles. The maximum absolute atomic E-state index is 10.5. The van der Waals surface area contributed by atoms with Gasteiger partial charge >= 0.3 is 0 Å². The van der Waals surface area contributed by atoms with Gasteiger partial charge in [-0.15, -0.1) is 0 Å². The van der Waals surface area contributed by atoms with Crippen LogP contribution in [0.5, 0.6) is 0 Å². The van der Waals surface area contributed by atoms with Crippen molar-refractivity contribution in [1.82, 2.24) is 4.90 Å². The summed E-state index contributed by atoms with van der Waals surface area (Å²) in [6.07, 6.45) is 1.46. The van der Waals surface area contributed by atoms with Crippen LogP contribution in [0.3, 0.4) is 0 Å². The molecule has 2 aromatic rings. The Hall–Kier alpha value is -1.64. The van der Waals surface area contributed by atoms with Gasteiger partial charge in [0, 0.05) is 19.1 Å². The van der Waals surface area contributed by atoms with E-state index in [9.17, 15) is 5.11 Å². The molecule has 2 heteroatoms. The van der Waals surface area contributed by atoms with E-state index < -0.39 is 0 Å². The summed E-state index contributed by atoms with van der Waals surface area (Å²) in [4.78, 5) is 2.40. The lowest BCUT2D eigenvalue weighted by molar-refractivity contribution is 0.0848.